The SMILES string of the molecule is CC(C)ON(CC(O)C(Cc1ccccc1)N(C(=O)O)C(C)(C)C)S(=O)(=O)c1cccc([N+](=O)[O-])c1. The summed E-state index contributed by atoms with van der Waals surface area (Å²) in [6, 6.07) is 12.4. The largest absolute Gasteiger partial charge is 0.465 e. The summed E-state index contributed by atoms with van der Waals surface area (Å²) in [6.07, 6.45) is -3.30. The average Bonchev–Trinajstić information content (AvgIpc) is 2.77. The lowest BCUT2D eigenvalue weighted by molar-refractivity contribution is -0.385. The molecule has 0 aliphatic heterocycles. The van der Waals surface area contributed by atoms with E-state index >= 15 is 0 Å². The minimum absolute atomic E-state index is 0.109. The molecule has 0 aliphatic carbocycles. The van der Waals surface area contributed by atoms with Crippen molar-refractivity contribution in [3.8, 4) is 0 Å². The summed E-state index contributed by atoms with van der Waals surface area (Å²) in [6.45, 7) is 7.59. The van der Waals surface area contributed by atoms with Crippen LogP contribution in [-0.2, 0) is 21.3 Å². The van der Waals surface area contributed by atoms with Crippen LogP contribution in [0.2, 0.25) is 0 Å². The lowest BCUT2D eigenvalue weighted by atomic mass is 9.95. The first-order valence-electron chi connectivity index (χ1n) is 11.3. The van der Waals surface area contributed by atoms with Crippen LogP contribution >= 0.6 is 0 Å². The van der Waals surface area contributed by atoms with E-state index in [9.17, 15) is 33.5 Å². The molecule has 36 heavy (non-hydrogen) atoms. The van der Waals surface area contributed by atoms with Crippen LogP contribution in [0.3, 0.4) is 0 Å². The van der Waals surface area contributed by atoms with Gasteiger partial charge >= 0.3 is 6.09 Å². The van der Waals surface area contributed by atoms with Crippen LogP contribution in [0.1, 0.15) is 40.2 Å². The Labute approximate surface area is 211 Å². The number of aliphatic hydroxyl groups is 1. The van der Waals surface area contributed by atoms with Gasteiger partial charge in [-0.15, -0.1) is 0 Å². The molecular formula is C24H33N3O8S. The van der Waals surface area contributed by atoms with Gasteiger partial charge in [-0.1, -0.05) is 40.9 Å². The number of carbonyl (C=O) groups is 1. The molecule has 0 fully saturated rings. The van der Waals surface area contributed by atoms with Gasteiger partial charge in [0.2, 0.25) is 0 Å². The molecule has 2 N–H and O–H groups in total. The summed E-state index contributed by atoms with van der Waals surface area (Å²) in [5.74, 6) is 0. The number of sulfonamides is 1. The molecule has 2 unspecified atom stereocenters. The second-order valence-corrected chi connectivity index (χ2v) is 11.4. The highest BCUT2D eigenvalue weighted by atomic mass is 32.2. The first-order chi connectivity index (χ1) is 16.6. The first kappa shape index (κ1) is 29.2. The molecule has 198 valence electrons. The fourth-order valence-corrected chi connectivity index (χ4v) is 5.15. The standard InChI is InChI=1S/C24H33N3O8S/c1-17(2)35-25(36(33,34)20-13-9-12-19(15-20)27(31)32)16-22(28)21(14-18-10-7-6-8-11-18)26(23(29)30)24(3,4)5/h6-13,15,17,21-22,28H,14,16H2,1-5H3,(H,29,30). The van der Waals surface area contributed by atoms with Gasteiger partial charge < -0.3 is 10.2 Å². The Morgan fingerprint density at radius 1 is 1.11 bits per heavy atom. The fourth-order valence-electron chi connectivity index (χ4n) is 3.76. The zero-order valence-corrected chi connectivity index (χ0v) is 21.8. The van der Waals surface area contributed by atoms with Crippen LogP contribution in [0.15, 0.2) is 59.5 Å². The second kappa shape index (κ2) is 11.8. The molecule has 0 spiro atoms. The van der Waals surface area contributed by atoms with Crippen molar-refractivity contribution < 1.29 is 33.2 Å². The highest BCUT2D eigenvalue weighted by Gasteiger charge is 2.40. The van der Waals surface area contributed by atoms with E-state index in [-0.39, 0.29) is 6.42 Å². The summed E-state index contributed by atoms with van der Waals surface area (Å²) in [5.41, 5.74) is -0.600. The van der Waals surface area contributed by atoms with Crippen LogP contribution in [0.4, 0.5) is 10.5 Å². The molecular weight excluding hydrogens is 490 g/mol. The molecule has 0 saturated carbocycles. The molecule has 0 bridgehead atoms. The summed E-state index contributed by atoms with van der Waals surface area (Å²) >= 11 is 0. The first-order valence-corrected chi connectivity index (χ1v) is 12.8. The van der Waals surface area contributed by atoms with Crippen molar-refractivity contribution in [2.75, 3.05) is 6.54 Å². The zero-order chi connectivity index (χ0) is 27.3. The van der Waals surface area contributed by atoms with Crippen molar-refractivity contribution in [3.05, 3.63) is 70.3 Å². The zero-order valence-electron chi connectivity index (χ0n) is 20.9. The van der Waals surface area contributed by atoms with E-state index in [1.165, 1.54) is 12.1 Å². The number of nitro benzene ring substituents is 1. The van der Waals surface area contributed by atoms with Crippen molar-refractivity contribution in [1.82, 2.24) is 9.37 Å². The van der Waals surface area contributed by atoms with E-state index in [1.54, 1.807) is 65.0 Å². The Morgan fingerprint density at radius 2 is 1.72 bits per heavy atom. The predicted molar refractivity (Wildman–Crippen MR) is 133 cm³/mol. The van der Waals surface area contributed by atoms with Crippen molar-refractivity contribution in [1.29, 1.82) is 0 Å². The third-order valence-corrected chi connectivity index (χ3v) is 6.87. The molecule has 1 amide bonds. The van der Waals surface area contributed by atoms with Gasteiger partial charge in [0.05, 0.1) is 34.6 Å². The van der Waals surface area contributed by atoms with Gasteiger partial charge in [-0.2, -0.15) is 0 Å². The Balaban J connectivity index is 2.50. The number of aliphatic hydroxyl groups excluding tert-OH is 1. The monoisotopic (exact) mass is 523 g/mol. The molecule has 0 aliphatic rings. The Kier molecular flexibility index (Phi) is 9.55. The summed E-state index contributed by atoms with van der Waals surface area (Å²) in [5, 5.41) is 32.4. The summed E-state index contributed by atoms with van der Waals surface area (Å²) in [4.78, 5) is 28.9. The second-order valence-electron chi connectivity index (χ2n) is 9.55. The maximum Gasteiger partial charge on any atom is 0.408 e. The highest BCUT2D eigenvalue weighted by Crippen LogP contribution is 2.26. The molecule has 0 saturated heterocycles. The van der Waals surface area contributed by atoms with Gasteiger partial charge in [-0.25, -0.2) is 13.2 Å². The number of hydrogen-bond donors (Lipinski definition) is 2. The molecule has 0 aromatic heterocycles. The number of hydroxylamine groups is 1. The third-order valence-electron chi connectivity index (χ3n) is 5.25. The van der Waals surface area contributed by atoms with Gasteiger partial charge in [0, 0.05) is 17.7 Å². The average molecular weight is 524 g/mol. The number of non-ortho nitro benzene ring substituents is 1. The Morgan fingerprint density at radius 3 is 2.22 bits per heavy atom. The van der Waals surface area contributed by atoms with Crippen LogP contribution in [0.5, 0.6) is 0 Å². The van der Waals surface area contributed by atoms with Gasteiger partial charge in [0.1, 0.15) is 0 Å². The number of rotatable bonds is 11. The van der Waals surface area contributed by atoms with Crippen molar-refractivity contribution in [2.24, 2.45) is 0 Å². The topological polar surface area (TPSA) is 151 Å². The van der Waals surface area contributed by atoms with Gasteiger partial charge in [0.25, 0.3) is 15.7 Å². The van der Waals surface area contributed by atoms with Gasteiger partial charge in [0.15, 0.2) is 0 Å². The normalized spacial score (nSPS) is 14.0. The molecule has 0 radical (unpaired) electrons. The van der Waals surface area contributed by atoms with Crippen molar-refractivity contribution in [2.45, 2.75) is 69.7 Å². The van der Waals surface area contributed by atoms with E-state index < -0.39 is 62.0 Å². The summed E-state index contributed by atoms with van der Waals surface area (Å²) in [7, 11) is -4.45. The smallest absolute Gasteiger partial charge is 0.408 e. The van der Waals surface area contributed by atoms with Gasteiger partial charge in [-0.3, -0.25) is 19.9 Å². The lowest BCUT2D eigenvalue weighted by Gasteiger charge is -2.42. The number of carboxylic acid groups (broad SMARTS) is 1. The number of hydrogen-bond acceptors (Lipinski definition) is 7. The quantitative estimate of drug-likeness (QED) is 0.334. The molecule has 2 aromatic carbocycles. The maximum absolute atomic E-state index is 13.4. The van der Waals surface area contributed by atoms with Crippen molar-refractivity contribution >= 4 is 21.8 Å². The van der Waals surface area contributed by atoms with Crippen molar-refractivity contribution in [3.63, 3.8) is 0 Å². The number of nitrogens with zero attached hydrogens (tertiary/aromatic N) is 3. The highest BCUT2D eigenvalue weighted by molar-refractivity contribution is 7.89. The van der Waals surface area contributed by atoms with Gasteiger partial charge in [-0.05, 0) is 52.7 Å². The third kappa shape index (κ3) is 7.47. The fraction of sp³-hybridized carbons (Fsp3) is 0.458. The Bertz CT molecular complexity index is 1150. The molecule has 0 heterocycles. The van der Waals surface area contributed by atoms with Crippen LogP contribution in [0.25, 0.3) is 0 Å². The van der Waals surface area contributed by atoms with E-state index in [0.717, 1.165) is 22.6 Å². The van der Waals surface area contributed by atoms with Crippen LogP contribution in [0, 0.1) is 10.1 Å². The number of benzene rings is 2. The maximum atomic E-state index is 13.4. The predicted octanol–water partition coefficient (Wildman–Crippen LogP) is 3.68. The van der Waals surface area contributed by atoms with E-state index in [2.05, 4.69) is 0 Å². The summed E-state index contributed by atoms with van der Waals surface area (Å²) < 4.78 is 27.4. The minimum atomic E-state index is -4.45. The Hall–Kier alpha value is -3.06. The number of nitro groups is 1. The number of amides is 1. The van der Waals surface area contributed by atoms with E-state index in [0.29, 0.717) is 4.47 Å². The van der Waals surface area contributed by atoms with Crippen LogP contribution < -0.4 is 0 Å². The lowest BCUT2D eigenvalue weighted by Crippen LogP contribution is -2.58. The molecule has 2 rings (SSSR count). The molecule has 2 aromatic rings. The molecule has 12 heteroatoms. The van der Waals surface area contributed by atoms with Crippen LogP contribution in [-0.4, -0.2) is 69.3 Å². The minimum Gasteiger partial charge on any atom is -0.465 e. The van der Waals surface area contributed by atoms with E-state index in [4.69, 9.17) is 4.84 Å². The molecule has 11 nitrogen and oxygen atoms in total. The van der Waals surface area contributed by atoms with E-state index in [1.807, 2.05) is 0 Å². The molecule has 2 atom stereocenters.